The summed E-state index contributed by atoms with van der Waals surface area (Å²) < 4.78 is 2.18. The van der Waals surface area contributed by atoms with Crippen molar-refractivity contribution in [1.29, 1.82) is 0 Å². The van der Waals surface area contributed by atoms with Gasteiger partial charge in [0.2, 0.25) is 0 Å². The average Bonchev–Trinajstić information content (AvgIpc) is 2.83. The van der Waals surface area contributed by atoms with Gasteiger partial charge in [0.05, 0.1) is 12.5 Å². The fourth-order valence-electron chi connectivity index (χ4n) is 2.49. The van der Waals surface area contributed by atoms with Crippen molar-refractivity contribution in [3.05, 3.63) is 53.6 Å². The summed E-state index contributed by atoms with van der Waals surface area (Å²) in [5.41, 5.74) is 2.03. The minimum atomic E-state index is -0.798. The van der Waals surface area contributed by atoms with Crippen LogP contribution in [0.4, 0.5) is 0 Å². The normalized spacial score (nSPS) is 12.3. The summed E-state index contributed by atoms with van der Waals surface area (Å²) in [4.78, 5) is 15.0. The van der Waals surface area contributed by atoms with Crippen LogP contribution < -0.4 is 0 Å². The van der Waals surface area contributed by atoms with Gasteiger partial charge in [0.1, 0.15) is 5.82 Å². The van der Waals surface area contributed by atoms with Crippen molar-refractivity contribution >= 4 is 5.97 Å². The van der Waals surface area contributed by atoms with Crippen molar-refractivity contribution < 1.29 is 9.90 Å². The quantitative estimate of drug-likeness (QED) is 0.878. The molecule has 4 heteroatoms. The molecule has 0 amide bonds. The van der Waals surface area contributed by atoms with Gasteiger partial charge >= 0.3 is 5.97 Å². The Morgan fingerprint density at radius 1 is 1.35 bits per heavy atom. The third kappa shape index (κ3) is 3.26. The van der Waals surface area contributed by atoms with E-state index in [4.69, 9.17) is 5.11 Å². The summed E-state index contributed by atoms with van der Waals surface area (Å²) in [6.45, 7) is 4.17. The summed E-state index contributed by atoms with van der Waals surface area (Å²) >= 11 is 0. The van der Waals surface area contributed by atoms with Crippen molar-refractivity contribution in [2.24, 2.45) is 0 Å². The van der Waals surface area contributed by atoms with Crippen LogP contribution in [-0.2, 0) is 11.2 Å². The number of imidazole rings is 1. The number of carbonyl (C=O) groups is 1. The highest BCUT2D eigenvalue weighted by molar-refractivity contribution is 5.70. The van der Waals surface area contributed by atoms with Crippen molar-refractivity contribution in [3.63, 3.8) is 0 Å². The van der Waals surface area contributed by atoms with E-state index in [2.05, 4.69) is 16.5 Å². The first-order valence-corrected chi connectivity index (χ1v) is 6.92. The van der Waals surface area contributed by atoms with E-state index in [0.29, 0.717) is 0 Å². The van der Waals surface area contributed by atoms with Crippen LogP contribution in [0.2, 0.25) is 0 Å². The monoisotopic (exact) mass is 272 g/mol. The predicted octanol–water partition coefficient (Wildman–Crippen LogP) is 3.21. The molecule has 0 saturated carbocycles. The van der Waals surface area contributed by atoms with Crippen molar-refractivity contribution in [2.45, 2.75) is 39.2 Å². The highest BCUT2D eigenvalue weighted by Gasteiger charge is 2.14. The Morgan fingerprint density at radius 3 is 2.55 bits per heavy atom. The van der Waals surface area contributed by atoms with Crippen LogP contribution in [0.15, 0.2) is 36.7 Å². The van der Waals surface area contributed by atoms with Gasteiger partial charge in [0, 0.05) is 12.4 Å². The van der Waals surface area contributed by atoms with Crippen LogP contribution in [0.3, 0.4) is 0 Å². The molecule has 1 unspecified atom stereocenters. The molecule has 4 nitrogen and oxygen atoms in total. The molecule has 0 fully saturated rings. The number of aromatic nitrogens is 2. The maximum Gasteiger partial charge on any atom is 0.307 e. The van der Waals surface area contributed by atoms with E-state index in [-0.39, 0.29) is 12.5 Å². The fourth-order valence-corrected chi connectivity index (χ4v) is 2.49. The van der Waals surface area contributed by atoms with E-state index >= 15 is 0 Å². The number of benzene rings is 1. The van der Waals surface area contributed by atoms with E-state index in [1.165, 1.54) is 5.56 Å². The van der Waals surface area contributed by atoms with Gasteiger partial charge in [0.25, 0.3) is 0 Å². The largest absolute Gasteiger partial charge is 0.481 e. The van der Waals surface area contributed by atoms with E-state index in [1.54, 1.807) is 0 Å². The minimum absolute atomic E-state index is 0.0722. The van der Waals surface area contributed by atoms with Gasteiger partial charge in [-0.25, -0.2) is 4.98 Å². The zero-order valence-corrected chi connectivity index (χ0v) is 11.9. The Balaban J connectivity index is 2.26. The summed E-state index contributed by atoms with van der Waals surface area (Å²) in [5.74, 6) is 0.200. The van der Waals surface area contributed by atoms with E-state index in [0.717, 1.165) is 24.2 Å². The van der Waals surface area contributed by atoms with E-state index in [9.17, 15) is 4.79 Å². The molecular formula is C16H20N2O2. The zero-order valence-electron chi connectivity index (χ0n) is 11.9. The number of carboxylic acid groups (broad SMARTS) is 1. The van der Waals surface area contributed by atoms with Crippen molar-refractivity contribution in [2.75, 3.05) is 0 Å². The van der Waals surface area contributed by atoms with Crippen LogP contribution in [-0.4, -0.2) is 20.6 Å². The Hall–Kier alpha value is -2.10. The molecule has 0 spiro atoms. The third-order valence-corrected chi connectivity index (χ3v) is 3.48. The number of rotatable bonds is 6. The first kappa shape index (κ1) is 14.3. The summed E-state index contributed by atoms with van der Waals surface area (Å²) in [5, 5.41) is 8.80. The number of hydrogen-bond acceptors (Lipinski definition) is 2. The lowest BCUT2D eigenvalue weighted by molar-refractivity contribution is -0.136. The van der Waals surface area contributed by atoms with E-state index < -0.39 is 5.97 Å². The summed E-state index contributed by atoms with van der Waals surface area (Å²) in [6.07, 6.45) is 6.01. The topological polar surface area (TPSA) is 55.1 Å². The second-order valence-electron chi connectivity index (χ2n) is 5.00. The van der Waals surface area contributed by atoms with Crippen LogP contribution in [0.5, 0.6) is 0 Å². The molecule has 106 valence electrons. The first-order chi connectivity index (χ1) is 9.61. The van der Waals surface area contributed by atoms with Crippen LogP contribution >= 0.6 is 0 Å². The SMILES string of the molecule is CCCC(c1ccc(CC(=O)O)cc1)n1ccnc1C. The Bertz CT molecular complexity index is 572. The Morgan fingerprint density at radius 2 is 2.05 bits per heavy atom. The predicted molar refractivity (Wildman–Crippen MR) is 77.8 cm³/mol. The fraction of sp³-hybridized carbons (Fsp3) is 0.375. The number of aryl methyl sites for hydroxylation is 1. The molecule has 1 aromatic heterocycles. The second kappa shape index (κ2) is 6.37. The van der Waals surface area contributed by atoms with Crippen LogP contribution in [0.25, 0.3) is 0 Å². The molecule has 1 aromatic carbocycles. The lowest BCUT2D eigenvalue weighted by Gasteiger charge is -2.20. The van der Waals surface area contributed by atoms with Gasteiger partial charge in [-0.05, 0) is 24.5 Å². The highest BCUT2D eigenvalue weighted by Crippen LogP contribution is 2.25. The molecule has 0 bridgehead atoms. The van der Waals surface area contributed by atoms with Gasteiger partial charge in [-0.15, -0.1) is 0 Å². The molecule has 0 aliphatic heterocycles. The smallest absolute Gasteiger partial charge is 0.307 e. The van der Waals surface area contributed by atoms with Gasteiger partial charge in [-0.3, -0.25) is 4.79 Å². The third-order valence-electron chi connectivity index (χ3n) is 3.48. The molecule has 20 heavy (non-hydrogen) atoms. The molecule has 2 aromatic rings. The number of hydrogen-bond donors (Lipinski definition) is 1. The Kier molecular flexibility index (Phi) is 4.56. The molecule has 1 N–H and O–H groups in total. The van der Waals surface area contributed by atoms with Gasteiger partial charge < -0.3 is 9.67 Å². The molecule has 0 saturated heterocycles. The van der Waals surface area contributed by atoms with Gasteiger partial charge in [-0.1, -0.05) is 37.6 Å². The highest BCUT2D eigenvalue weighted by atomic mass is 16.4. The molecule has 1 atom stereocenters. The second-order valence-corrected chi connectivity index (χ2v) is 5.00. The molecule has 0 aliphatic rings. The van der Waals surface area contributed by atoms with Gasteiger partial charge in [0.15, 0.2) is 0 Å². The van der Waals surface area contributed by atoms with E-state index in [1.807, 2.05) is 43.6 Å². The standard InChI is InChI=1S/C16H20N2O2/c1-3-4-15(18-10-9-17-12(18)2)14-7-5-13(6-8-14)11-16(19)20/h5-10,15H,3-4,11H2,1-2H3,(H,19,20). The zero-order chi connectivity index (χ0) is 14.5. The number of carboxylic acids is 1. The average molecular weight is 272 g/mol. The lowest BCUT2D eigenvalue weighted by Crippen LogP contribution is -2.11. The van der Waals surface area contributed by atoms with Crippen LogP contribution in [0.1, 0.15) is 42.8 Å². The van der Waals surface area contributed by atoms with Crippen molar-refractivity contribution in [1.82, 2.24) is 9.55 Å². The number of nitrogens with zero attached hydrogens (tertiary/aromatic N) is 2. The maximum atomic E-state index is 10.7. The first-order valence-electron chi connectivity index (χ1n) is 6.92. The van der Waals surface area contributed by atoms with Crippen LogP contribution in [0, 0.1) is 6.92 Å². The molecule has 0 radical (unpaired) electrons. The minimum Gasteiger partial charge on any atom is -0.481 e. The molecule has 2 rings (SSSR count). The van der Waals surface area contributed by atoms with Crippen molar-refractivity contribution in [3.8, 4) is 0 Å². The molecule has 0 aliphatic carbocycles. The van der Waals surface area contributed by atoms with Gasteiger partial charge in [-0.2, -0.15) is 0 Å². The Labute approximate surface area is 119 Å². The summed E-state index contributed by atoms with van der Waals surface area (Å²) in [7, 11) is 0. The lowest BCUT2D eigenvalue weighted by atomic mass is 10.00. The summed E-state index contributed by atoms with van der Waals surface area (Å²) in [6, 6.07) is 8.12. The molecule has 1 heterocycles. The maximum absolute atomic E-state index is 10.7. The number of aliphatic carboxylic acids is 1. The molecular weight excluding hydrogens is 252 g/mol.